The normalized spacial score (nSPS) is 16.0. The van der Waals surface area contributed by atoms with Gasteiger partial charge in [0.2, 0.25) is 0 Å². The Morgan fingerprint density at radius 2 is 1.72 bits per heavy atom. The van der Waals surface area contributed by atoms with Gasteiger partial charge in [0.1, 0.15) is 11.3 Å². The molecule has 0 bridgehead atoms. The third-order valence-corrected chi connectivity index (χ3v) is 5.50. The van der Waals surface area contributed by atoms with Gasteiger partial charge in [0.15, 0.2) is 11.5 Å². The zero-order valence-electron chi connectivity index (χ0n) is 17.2. The molecule has 8 heteroatoms. The van der Waals surface area contributed by atoms with Crippen LogP contribution in [0.4, 0.5) is 11.6 Å². The van der Waals surface area contributed by atoms with Crippen molar-refractivity contribution in [3.63, 3.8) is 0 Å². The van der Waals surface area contributed by atoms with Crippen molar-refractivity contribution in [2.45, 2.75) is 32.6 Å². The summed E-state index contributed by atoms with van der Waals surface area (Å²) in [6.07, 6.45) is 8.63. The average molecular weight is 390 g/mol. The highest BCUT2D eigenvalue weighted by molar-refractivity contribution is 5.68. The van der Waals surface area contributed by atoms with Gasteiger partial charge in [-0.2, -0.15) is 5.10 Å². The minimum Gasteiger partial charge on any atom is -0.353 e. The van der Waals surface area contributed by atoms with Crippen molar-refractivity contribution < 1.29 is 0 Å². The molecule has 0 saturated carbocycles. The molecule has 0 radical (unpaired) electrons. The molecule has 0 N–H and O–H groups in total. The summed E-state index contributed by atoms with van der Waals surface area (Å²) in [6.45, 7) is 10.3. The highest BCUT2D eigenvalue weighted by atomic mass is 15.3. The first-order valence-corrected chi connectivity index (χ1v) is 10.1. The van der Waals surface area contributed by atoms with E-state index >= 15 is 0 Å². The maximum absolute atomic E-state index is 4.85. The minimum atomic E-state index is 0.0126. The smallest absolute Gasteiger partial charge is 0.154 e. The van der Waals surface area contributed by atoms with Crippen LogP contribution in [0, 0.1) is 0 Å². The fourth-order valence-electron chi connectivity index (χ4n) is 3.85. The van der Waals surface area contributed by atoms with Gasteiger partial charge in [-0.25, -0.2) is 19.0 Å². The zero-order valence-corrected chi connectivity index (χ0v) is 17.2. The van der Waals surface area contributed by atoms with Gasteiger partial charge in [-0.3, -0.25) is 0 Å². The van der Waals surface area contributed by atoms with Crippen LogP contribution in [0.5, 0.6) is 0 Å². The second-order valence-electron chi connectivity index (χ2n) is 8.61. The Morgan fingerprint density at radius 3 is 2.59 bits per heavy atom. The van der Waals surface area contributed by atoms with E-state index in [0.29, 0.717) is 0 Å². The molecular weight excluding hydrogens is 364 g/mol. The van der Waals surface area contributed by atoms with E-state index in [0.717, 1.165) is 61.1 Å². The van der Waals surface area contributed by atoms with Gasteiger partial charge in [-0.05, 0) is 24.6 Å². The number of rotatable bonds is 2. The number of imidazole rings is 1. The largest absolute Gasteiger partial charge is 0.353 e. The summed E-state index contributed by atoms with van der Waals surface area (Å²) in [5.41, 5.74) is 3.02. The maximum atomic E-state index is 4.85. The fraction of sp³-hybridized carbons (Fsp3) is 0.429. The van der Waals surface area contributed by atoms with Crippen molar-refractivity contribution in [1.82, 2.24) is 29.2 Å². The molecule has 29 heavy (non-hydrogen) atoms. The van der Waals surface area contributed by atoms with Crippen LogP contribution < -0.4 is 9.80 Å². The van der Waals surface area contributed by atoms with Gasteiger partial charge in [-0.15, -0.1) is 5.10 Å². The molecule has 5 heterocycles. The van der Waals surface area contributed by atoms with E-state index < -0.39 is 0 Å². The molecular formula is C21H26N8. The molecule has 0 amide bonds. The second kappa shape index (κ2) is 6.72. The Labute approximate surface area is 169 Å². The molecule has 5 rings (SSSR count). The minimum absolute atomic E-state index is 0.0126. The van der Waals surface area contributed by atoms with Crippen LogP contribution in [0.3, 0.4) is 0 Å². The summed E-state index contributed by atoms with van der Waals surface area (Å²) >= 11 is 0. The zero-order chi connectivity index (χ0) is 20.0. The molecule has 1 saturated heterocycles. The number of hydrogen-bond acceptors (Lipinski definition) is 6. The molecule has 8 nitrogen and oxygen atoms in total. The molecule has 4 aromatic heterocycles. The lowest BCUT2D eigenvalue weighted by molar-refractivity contribution is 0.572. The molecule has 150 valence electrons. The first-order chi connectivity index (χ1) is 14.0. The topological polar surface area (TPSA) is 66.9 Å². The van der Waals surface area contributed by atoms with E-state index in [1.165, 1.54) is 0 Å². The van der Waals surface area contributed by atoms with Crippen molar-refractivity contribution in [2.75, 3.05) is 36.0 Å². The number of anilines is 2. The average Bonchev–Trinajstić information content (AvgIpc) is 3.28. The van der Waals surface area contributed by atoms with Crippen LogP contribution in [-0.2, 0) is 5.41 Å². The molecule has 1 fully saturated rings. The Hall–Kier alpha value is -3.16. The van der Waals surface area contributed by atoms with Gasteiger partial charge in [0.05, 0.1) is 18.1 Å². The Morgan fingerprint density at radius 1 is 0.897 bits per heavy atom. The van der Waals surface area contributed by atoms with Crippen LogP contribution in [0.1, 0.15) is 32.9 Å². The maximum Gasteiger partial charge on any atom is 0.154 e. The first kappa shape index (κ1) is 17.9. The highest BCUT2D eigenvalue weighted by Crippen LogP contribution is 2.24. The van der Waals surface area contributed by atoms with Gasteiger partial charge >= 0.3 is 0 Å². The Bertz CT molecular complexity index is 1150. The van der Waals surface area contributed by atoms with E-state index in [1.807, 2.05) is 39.9 Å². The molecule has 0 aliphatic carbocycles. The van der Waals surface area contributed by atoms with Crippen molar-refractivity contribution in [1.29, 1.82) is 0 Å². The molecule has 0 unspecified atom stereocenters. The fourth-order valence-corrected chi connectivity index (χ4v) is 3.85. The van der Waals surface area contributed by atoms with Gasteiger partial charge in [0, 0.05) is 44.0 Å². The molecule has 1 aliphatic rings. The van der Waals surface area contributed by atoms with Crippen LogP contribution in [0.15, 0.2) is 43.0 Å². The summed E-state index contributed by atoms with van der Waals surface area (Å²) in [5, 5.41) is 9.18. The van der Waals surface area contributed by atoms with E-state index in [4.69, 9.17) is 10.1 Å². The second-order valence-corrected chi connectivity index (χ2v) is 8.61. The van der Waals surface area contributed by atoms with E-state index in [2.05, 4.69) is 52.8 Å². The van der Waals surface area contributed by atoms with Crippen LogP contribution in [0.25, 0.3) is 11.2 Å². The number of fused-ring (bicyclic) bond motifs is 2. The monoisotopic (exact) mass is 390 g/mol. The third kappa shape index (κ3) is 3.28. The van der Waals surface area contributed by atoms with Crippen molar-refractivity contribution >= 4 is 22.8 Å². The van der Waals surface area contributed by atoms with Crippen molar-refractivity contribution in [2.24, 2.45) is 0 Å². The lowest BCUT2D eigenvalue weighted by Crippen LogP contribution is -2.32. The summed E-state index contributed by atoms with van der Waals surface area (Å²) < 4.78 is 3.79. The van der Waals surface area contributed by atoms with Crippen molar-refractivity contribution in [3.05, 3.63) is 48.7 Å². The SMILES string of the molecule is CC(C)(C)c1cn2nc(N3CCCN(c4nccn5nccc45)CC3)ccc2n1. The predicted molar refractivity (Wildman–Crippen MR) is 114 cm³/mol. The number of aromatic nitrogens is 6. The summed E-state index contributed by atoms with van der Waals surface area (Å²) in [7, 11) is 0. The van der Waals surface area contributed by atoms with Crippen LogP contribution >= 0.6 is 0 Å². The Balaban J connectivity index is 1.38. The van der Waals surface area contributed by atoms with Crippen LogP contribution in [-0.4, -0.2) is 55.4 Å². The summed E-state index contributed by atoms with van der Waals surface area (Å²) in [4.78, 5) is 14.1. The van der Waals surface area contributed by atoms with E-state index in [-0.39, 0.29) is 5.41 Å². The predicted octanol–water partition coefficient (Wildman–Crippen LogP) is 2.79. The number of nitrogens with zero attached hydrogens (tertiary/aromatic N) is 8. The quantitative estimate of drug-likeness (QED) is 0.524. The Kier molecular flexibility index (Phi) is 4.15. The third-order valence-electron chi connectivity index (χ3n) is 5.50. The van der Waals surface area contributed by atoms with Gasteiger partial charge in [0.25, 0.3) is 0 Å². The van der Waals surface area contributed by atoms with E-state index in [1.54, 1.807) is 0 Å². The molecule has 0 atom stereocenters. The van der Waals surface area contributed by atoms with Crippen LogP contribution in [0.2, 0.25) is 0 Å². The molecule has 0 spiro atoms. The standard InChI is InChI=1S/C21H26N8/c1-21(2,3)17-15-29-18(24-17)5-6-19(25-29)26-10-4-11-27(14-13-26)20-16-7-8-23-28(16)12-9-22-20/h5-9,12,15H,4,10-11,13-14H2,1-3H3. The van der Waals surface area contributed by atoms with Gasteiger partial charge in [-0.1, -0.05) is 20.8 Å². The van der Waals surface area contributed by atoms with E-state index in [9.17, 15) is 0 Å². The highest BCUT2D eigenvalue weighted by Gasteiger charge is 2.21. The summed E-state index contributed by atoms with van der Waals surface area (Å²) in [5.74, 6) is 1.99. The van der Waals surface area contributed by atoms with Gasteiger partial charge < -0.3 is 9.80 Å². The first-order valence-electron chi connectivity index (χ1n) is 10.1. The lowest BCUT2D eigenvalue weighted by atomic mass is 9.93. The summed E-state index contributed by atoms with van der Waals surface area (Å²) in [6, 6.07) is 6.17. The molecule has 4 aromatic rings. The van der Waals surface area contributed by atoms with Crippen molar-refractivity contribution in [3.8, 4) is 0 Å². The molecule has 0 aromatic carbocycles. The lowest BCUT2D eigenvalue weighted by Gasteiger charge is -2.23. The molecule has 1 aliphatic heterocycles. The number of hydrogen-bond donors (Lipinski definition) is 0.